The lowest BCUT2D eigenvalue weighted by molar-refractivity contribution is -0.128. The number of carbonyl (C=O) groups excluding carboxylic acids is 3. The highest BCUT2D eigenvalue weighted by Crippen LogP contribution is 2.22. The van der Waals surface area contributed by atoms with Gasteiger partial charge in [-0.15, -0.1) is 0 Å². The van der Waals surface area contributed by atoms with Gasteiger partial charge in [-0.25, -0.2) is 4.39 Å². The first-order valence-corrected chi connectivity index (χ1v) is 13.0. The third-order valence-electron chi connectivity index (χ3n) is 6.68. The average Bonchev–Trinajstić information content (AvgIpc) is 3.49. The fraction of sp³-hybridized carbons (Fsp3) is 0.194. The molecule has 2 N–H and O–H groups in total. The molecule has 0 bridgehead atoms. The van der Waals surface area contributed by atoms with Crippen LogP contribution in [0.25, 0.3) is 10.8 Å². The molecule has 1 aliphatic heterocycles. The number of amides is 3. The van der Waals surface area contributed by atoms with Crippen LogP contribution >= 0.6 is 0 Å². The molecule has 4 aromatic carbocycles. The molecule has 40 heavy (non-hydrogen) atoms. The number of anilines is 2. The highest BCUT2D eigenvalue weighted by molar-refractivity contribution is 6.06. The number of hydrogen-bond donors (Lipinski definition) is 2. The van der Waals surface area contributed by atoms with Crippen molar-refractivity contribution in [3.05, 3.63) is 102 Å². The average molecular weight is 541 g/mol. The fourth-order valence-electron chi connectivity index (χ4n) is 4.55. The monoisotopic (exact) mass is 540 g/mol. The summed E-state index contributed by atoms with van der Waals surface area (Å²) in [6.07, 6.45) is 0. The Labute approximate surface area is 231 Å². The zero-order valence-corrected chi connectivity index (χ0v) is 21.8. The second-order valence-electron chi connectivity index (χ2n) is 9.37. The van der Waals surface area contributed by atoms with Crippen LogP contribution in [0, 0.1) is 0 Å². The summed E-state index contributed by atoms with van der Waals surface area (Å²) in [6.45, 7) is 0.729. The summed E-state index contributed by atoms with van der Waals surface area (Å²) in [5, 5.41) is 7.66. The summed E-state index contributed by atoms with van der Waals surface area (Å²) in [4.78, 5) is 41.7. The van der Waals surface area contributed by atoms with Gasteiger partial charge < -0.3 is 25.2 Å². The van der Waals surface area contributed by atoms with E-state index in [1.54, 1.807) is 23.1 Å². The molecule has 0 radical (unpaired) electrons. The molecule has 1 heterocycles. The van der Waals surface area contributed by atoms with Crippen molar-refractivity contribution in [2.75, 3.05) is 49.8 Å². The van der Waals surface area contributed by atoms with Crippen molar-refractivity contribution >= 4 is 39.9 Å². The molecule has 1 fully saturated rings. The molecule has 0 spiro atoms. The predicted octanol–water partition coefficient (Wildman–Crippen LogP) is 4.48. The van der Waals surface area contributed by atoms with Gasteiger partial charge in [-0.3, -0.25) is 14.4 Å². The van der Waals surface area contributed by atoms with E-state index in [2.05, 4.69) is 15.5 Å². The van der Waals surface area contributed by atoms with Crippen molar-refractivity contribution in [3.63, 3.8) is 0 Å². The fourth-order valence-corrected chi connectivity index (χ4v) is 4.55. The number of carbonyl (C=O) groups is 3. The highest BCUT2D eigenvalue weighted by Gasteiger charge is 2.24. The minimum atomic E-state index is -0.620. The Kier molecular flexibility index (Phi) is 8.20. The van der Waals surface area contributed by atoms with Crippen molar-refractivity contribution in [2.24, 2.45) is 0 Å². The summed E-state index contributed by atoms with van der Waals surface area (Å²) >= 11 is 0. The number of hydrogen-bond acceptors (Lipinski definition) is 5. The molecule has 5 rings (SSSR count). The predicted molar refractivity (Wildman–Crippen MR) is 153 cm³/mol. The van der Waals surface area contributed by atoms with Gasteiger partial charge in [0.1, 0.15) is 19.0 Å². The maximum absolute atomic E-state index is 12.8. The SMILES string of the molecule is O=C(NCC(=O)N1CCN(c2ccc(NC(=O)c3ccc4ccccc4c3)cc2)C1)c1cccc(OCCF)c1. The Balaban J connectivity index is 1.11. The molecule has 0 aliphatic carbocycles. The molecule has 1 aliphatic rings. The molecule has 0 unspecified atom stereocenters. The van der Waals surface area contributed by atoms with E-state index < -0.39 is 12.6 Å². The number of halogens is 1. The van der Waals surface area contributed by atoms with Crippen LogP contribution in [0.15, 0.2) is 91.0 Å². The number of nitrogens with one attached hydrogen (secondary N) is 2. The molecule has 3 amide bonds. The van der Waals surface area contributed by atoms with E-state index in [-0.39, 0.29) is 25.0 Å². The van der Waals surface area contributed by atoms with Crippen molar-refractivity contribution in [1.82, 2.24) is 10.2 Å². The van der Waals surface area contributed by atoms with E-state index in [9.17, 15) is 18.8 Å². The zero-order chi connectivity index (χ0) is 27.9. The normalized spacial score (nSPS) is 12.8. The number of nitrogens with zero attached hydrogens (tertiary/aromatic N) is 2. The Morgan fingerprint density at radius 3 is 2.38 bits per heavy atom. The van der Waals surface area contributed by atoms with Crippen LogP contribution in [0.4, 0.5) is 15.8 Å². The summed E-state index contributed by atoms with van der Waals surface area (Å²) in [6, 6.07) is 27.4. The maximum Gasteiger partial charge on any atom is 0.255 e. The number of rotatable bonds is 9. The van der Waals surface area contributed by atoms with Crippen LogP contribution in [-0.4, -0.2) is 62.2 Å². The Bertz CT molecular complexity index is 1530. The van der Waals surface area contributed by atoms with Crippen LogP contribution in [0.1, 0.15) is 20.7 Å². The number of ether oxygens (including phenoxy) is 1. The molecular weight excluding hydrogens is 511 g/mol. The Hall–Kier alpha value is -4.92. The molecule has 4 aromatic rings. The van der Waals surface area contributed by atoms with Crippen LogP contribution in [-0.2, 0) is 4.79 Å². The lowest BCUT2D eigenvalue weighted by atomic mass is 10.1. The number of benzene rings is 4. The van der Waals surface area contributed by atoms with Crippen LogP contribution < -0.4 is 20.3 Å². The van der Waals surface area contributed by atoms with E-state index in [1.165, 1.54) is 6.07 Å². The van der Waals surface area contributed by atoms with Gasteiger partial charge in [0, 0.05) is 35.6 Å². The summed E-state index contributed by atoms with van der Waals surface area (Å²) in [5.74, 6) is -0.389. The number of alkyl halides is 1. The van der Waals surface area contributed by atoms with Gasteiger partial charge in [-0.2, -0.15) is 0 Å². The number of fused-ring (bicyclic) bond motifs is 1. The molecular formula is C31H29FN4O4. The molecule has 0 aromatic heterocycles. The van der Waals surface area contributed by atoms with E-state index in [1.807, 2.05) is 66.7 Å². The van der Waals surface area contributed by atoms with Crippen molar-refractivity contribution in [1.29, 1.82) is 0 Å². The largest absolute Gasteiger partial charge is 0.491 e. The lowest BCUT2D eigenvalue weighted by Crippen LogP contribution is -2.39. The van der Waals surface area contributed by atoms with Gasteiger partial charge in [0.15, 0.2) is 0 Å². The minimum Gasteiger partial charge on any atom is -0.491 e. The topological polar surface area (TPSA) is 91.0 Å². The Morgan fingerprint density at radius 2 is 1.57 bits per heavy atom. The van der Waals surface area contributed by atoms with Crippen LogP contribution in [0.3, 0.4) is 0 Å². The van der Waals surface area contributed by atoms with E-state index in [4.69, 9.17) is 4.74 Å². The molecule has 0 atom stereocenters. The molecule has 8 nitrogen and oxygen atoms in total. The van der Waals surface area contributed by atoms with Gasteiger partial charge in [0.05, 0.1) is 13.2 Å². The summed E-state index contributed by atoms with van der Waals surface area (Å²) < 4.78 is 17.5. The van der Waals surface area contributed by atoms with Gasteiger partial charge in [-0.05, 0) is 65.4 Å². The standard InChI is InChI=1S/C31H29FN4O4/c32-14-17-40-28-7-3-6-24(19-28)30(38)33-20-29(37)36-16-15-35(21-36)27-12-10-26(11-13-27)34-31(39)25-9-8-22-4-1-2-5-23(22)18-25/h1-13,18-19H,14-17,20-21H2,(H,33,38)(H,34,39). The molecule has 1 saturated heterocycles. The van der Waals surface area contributed by atoms with Crippen molar-refractivity contribution in [3.8, 4) is 5.75 Å². The van der Waals surface area contributed by atoms with Crippen LogP contribution in [0.2, 0.25) is 0 Å². The van der Waals surface area contributed by atoms with Gasteiger partial charge in [-0.1, -0.05) is 36.4 Å². The smallest absolute Gasteiger partial charge is 0.255 e. The zero-order valence-electron chi connectivity index (χ0n) is 21.8. The van der Waals surface area contributed by atoms with Gasteiger partial charge in [0.2, 0.25) is 5.91 Å². The highest BCUT2D eigenvalue weighted by atomic mass is 19.1. The first-order valence-electron chi connectivity index (χ1n) is 13.0. The maximum atomic E-state index is 12.8. The van der Waals surface area contributed by atoms with E-state index >= 15 is 0 Å². The van der Waals surface area contributed by atoms with E-state index in [0.717, 1.165) is 16.5 Å². The van der Waals surface area contributed by atoms with Gasteiger partial charge >= 0.3 is 0 Å². The van der Waals surface area contributed by atoms with Crippen LogP contribution in [0.5, 0.6) is 5.75 Å². The Morgan fingerprint density at radius 1 is 0.800 bits per heavy atom. The summed E-state index contributed by atoms with van der Waals surface area (Å²) in [7, 11) is 0. The second kappa shape index (κ2) is 12.3. The first-order chi connectivity index (χ1) is 19.5. The van der Waals surface area contributed by atoms with Crippen molar-refractivity contribution < 1.29 is 23.5 Å². The molecule has 0 saturated carbocycles. The second-order valence-corrected chi connectivity index (χ2v) is 9.37. The molecule has 204 valence electrons. The third kappa shape index (κ3) is 6.37. The van der Waals surface area contributed by atoms with E-state index in [0.29, 0.717) is 42.3 Å². The van der Waals surface area contributed by atoms with Gasteiger partial charge in [0.25, 0.3) is 11.8 Å². The third-order valence-corrected chi connectivity index (χ3v) is 6.68. The molecule has 9 heteroatoms. The minimum absolute atomic E-state index is 0.0856. The quantitative estimate of drug-likeness (QED) is 0.327. The van der Waals surface area contributed by atoms with Crippen molar-refractivity contribution in [2.45, 2.75) is 0 Å². The summed E-state index contributed by atoms with van der Waals surface area (Å²) in [5.41, 5.74) is 2.52. The first kappa shape index (κ1) is 26.7. The lowest BCUT2D eigenvalue weighted by Gasteiger charge is -2.20.